The second-order valence-electron chi connectivity index (χ2n) is 10.0. The number of benzene rings is 1. The molecule has 1 atom stereocenters. The highest BCUT2D eigenvalue weighted by Crippen LogP contribution is 2.41. The van der Waals surface area contributed by atoms with Gasteiger partial charge in [-0.2, -0.15) is 13.2 Å². The predicted octanol–water partition coefficient (Wildman–Crippen LogP) is 4.53. The van der Waals surface area contributed by atoms with Crippen LogP contribution in [0.4, 0.5) is 23.7 Å². The molecule has 4 rings (SSSR count). The fourth-order valence-corrected chi connectivity index (χ4v) is 5.91. The van der Waals surface area contributed by atoms with E-state index >= 15 is 0 Å². The molecule has 1 unspecified atom stereocenters. The zero-order valence-electron chi connectivity index (χ0n) is 20.8. The number of anilines is 1. The van der Waals surface area contributed by atoms with Crippen LogP contribution in [0.15, 0.2) is 18.2 Å². The van der Waals surface area contributed by atoms with Gasteiger partial charge in [0.25, 0.3) is 0 Å². The fourth-order valence-electron chi connectivity index (χ4n) is 5.61. The van der Waals surface area contributed by atoms with E-state index in [2.05, 4.69) is 14.5 Å². The van der Waals surface area contributed by atoms with Gasteiger partial charge in [0, 0.05) is 58.3 Å². The number of hydrogen-bond donors (Lipinski definition) is 0. The van der Waals surface area contributed by atoms with E-state index < -0.39 is 18.4 Å². The van der Waals surface area contributed by atoms with Gasteiger partial charge >= 0.3 is 12.3 Å². The Kier molecular flexibility index (Phi) is 7.95. The van der Waals surface area contributed by atoms with Crippen molar-refractivity contribution in [3.8, 4) is 0 Å². The largest absolute Gasteiger partial charge is 0.437 e. The zero-order chi connectivity index (χ0) is 26.1. The molecule has 36 heavy (non-hydrogen) atoms. The average molecular weight is 531 g/mol. The molecule has 11 heteroatoms. The van der Waals surface area contributed by atoms with Crippen molar-refractivity contribution in [2.24, 2.45) is 0 Å². The lowest BCUT2D eigenvalue weighted by molar-refractivity contribution is -0.200. The van der Waals surface area contributed by atoms with Crippen molar-refractivity contribution >= 4 is 29.3 Å². The summed E-state index contributed by atoms with van der Waals surface area (Å²) < 4.78 is 43.0. The number of nitrogens with zero attached hydrogens (tertiary/aromatic N) is 4. The molecule has 2 amide bonds. The van der Waals surface area contributed by atoms with Crippen LogP contribution in [0.2, 0.25) is 5.02 Å². The first-order valence-electron chi connectivity index (χ1n) is 12.6. The lowest BCUT2D eigenvalue weighted by Gasteiger charge is -2.45. The molecular weight excluding hydrogens is 497 g/mol. The molecule has 0 bridgehead atoms. The van der Waals surface area contributed by atoms with E-state index in [9.17, 15) is 22.8 Å². The minimum Gasteiger partial charge on any atom is -0.437 e. The van der Waals surface area contributed by atoms with Crippen LogP contribution >= 0.6 is 11.6 Å². The topological polar surface area (TPSA) is 56.3 Å². The van der Waals surface area contributed by atoms with E-state index in [1.54, 1.807) is 6.92 Å². The Morgan fingerprint density at radius 1 is 1.03 bits per heavy atom. The van der Waals surface area contributed by atoms with Gasteiger partial charge < -0.3 is 19.4 Å². The Bertz CT molecular complexity index is 960. The first-order valence-corrected chi connectivity index (χ1v) is 12.9. The standard InChI is InChI=1S/C25H34ClF3N4O3/c1-18(25(27,28)29)36-23(35)32-11-8-24(9-12-32)7-4-10-33(24)17-20-5-3-6-21(22(20)26)31-15-13-30(14-16-31)19(2)34/h3,5-6,18H,4,7-17H2,1-2H3. The van der Waals surface area contributed by atoms with Gasteiger partial charge in [-0.25, -0.2) is 4.79 Å². The number of piperidine rings is 1. The van der Waals surface area contributed by atoms with Gasteiger partial charge in [0.15, 0.2) is 6.10 Å². The van der Waals surface area contributed by atoms with Gasteiger partial charge in [-0.1, -0.05) is 23.7 Å². The lowest BCUT2D eigenvalue weighted by atomic mass is 9.85. The molecule has 3 aliphatic heterocycles. The molecule has 1 aromatic carbocycles. The van der Waals surface area contributed by atoms with Gasteiger partial charge in [-0.15, -0.1) is 0 Å². The van der Waals surface area contributed by atoms with Crippen LogP contribution in [0.5, 0.6) is 0 Å². The molecule has 0 aromatic heterocycles. The molecule has 1 spiro atoms. The second kappa shape index (κ2) is 10.7. The number of likely N-dealkylation sites (tertiary alicyclic amines) is 2. The zero-order valence-corrected chi connectivity index (χ0v) is 21.6. The van der Waals surface area contributed by atoms with Crippen molar-refractivity contribution in [2.75, 3.05) is 50.7 Å². The molecule has 0 N–H and O–H groups in total. The van der Waals surface area contributed by atoms with Crippen LogP contribution in [-0.2, 0) is 16.1 Å². The summed E-state index contributed by atoms with van der Waals surface area (Å²) in [6, 6.07) is 6.06. The third-order valence-electron chi connectivity index (χ3n) is 7.92. The van der Waals surface area contributed by atoms with E-state index in [4.69, 9.17) is 11.6 Å². The Labute approximate surface area is 215 Å². The lowest BCUT2D eigenvalue weighted by Crippen LogP contribution is -2.53. The van der Waals surface area contributed by atoms with Crippen molar-refractivity contribution in [3.05, 3.63) is 28.8 Å². The van der Waals surface area contributed by atoms with Gasteiger partial charge in [-0.3, -0.25) is 9.69 Å². The maximum atomic E-state index is 12.8. The molecular formula is C25H34ClF3N4O3. The van der Waals surface area contributed by atoms with Gasteiger partial charge in [0.2, 0.25) is 5.91 Å². The van der Waals surface area contributed by atoms with Crippen LogP contribution in [-0.4, -0.2) is 90.3 Å². The summed E-state index contributed by atoms with van der Waals surface area (Å²) in [6.07, 6.45) is -4.20. The summed E-state index contributed by atoms with van der Waals surface area (Å²) in [6.45, 7) is 7.57. The summed E-state index contributed by atoms with van der Waals surface area (Å²) in [7, 11) is 0. The third kappa shape index (κ3) is 5.69. The summed E-state index contributed by atoms with van der Waals surface area (Å²) >= 11 is 6.89. The van der Waals surface area contributed by atoms with Crippen molar-refractivity contribution in [1.29, 1.82) is 0 Å². The first-order chi connectivity index (χ1) is 17.0. The number of carbonyl (C=O) groups excluding carboxylic acids is 2. The van der Waals surface area contributed by atoms with Crippen LogP contribution in [0.1, 0.15) is 45.1 Å². The SMILES string of the molecule is CC(=O)N1CCN(c2cccc(CN3CCCC34CCN(C(=O)OC(C)C(F)(F)F)CC4)c2Cl)CC1. The summed E-state index contributed by atoms with van der Waals surface area (Å²) in [5.41, 5.74) is 1.91. The van der Waals surface area contributed by atoms with Gasteiger partial charge in [0.1, 0.15) is 0 Å². The molecule has 3 fully saturated rings. The monoisotopic (exact) mass is 530 g/mol. The average Bonchev–Trinajstić information content (AvgIpc) is 3.21. The number of hydrogen-bond acceptors (Lipinski definition) is 5. The van der Waals surface area contributed by atoms with Crippen LogP contribution in [0.3, 0.4) is 0 Å². The summed E-state index contributed by atoms with van der Waals surface area (Å²) in [5, 5.41) is 0.720. The van der Waals surface area contributed by atoms with E-state index in [-0.39, 0.29) is 11.4 Å². The maximum Gasteiger partial charge on any atom is 0.425 e. The van der Waals surface area contributed by atoms with E-state index in [0.29, 0.717) is 45.6 Å². The highest BCUT2D eigenvalue weighted by Gasteiger charge is 2.45. The molecule has 0 radical (unpaired) electrons. The summed E-state index contributed by atoms with van der Waals surface area (Å²) in [5.74, 6) is 0.0861. The van der Waals surface area contributed by atoms with Crippen LogP contribution < -0.4 is 4.90 Å². The normalized spacial score (nSPS) is 21.7. The number of alkyl halides is 3. The number of rotatable bonds is 4. The molecule has 7 nitrogen and oxygen atoms in total. The predicted molar refractivity (Wildman–Crippen MR) is 131 cm³/mol. The Morgan fingerprint density at radius 2 is 1.69 bits per heavy atom. The number of amides is 2. The number of carbonyl (C=O) groups is 2. The minimum absolute atomic E-state index is 0.0861. The Hall–Kier alpha value is -2.20. The van der Waals surface area contributed by atoms with Gasteiger partial charge in [0.05, 0.1) is 10.7 Å². The number of halogens is 4. The maximum absolute atomic E-state index is 12.8. The van der Waals surface area contributed by atoms with Crippen molar-refractivity contribution < 1.29 is 27.5 Å². The quantitative estimate of drug-likeness (QED) is 0.573. The molecule has 1 aromatic rings. The number of ether oxygens (including phenoxy) is 1. The molecule has 3 aliphatic rings. The Morgan fingerprint density at radius 3 is 2.31 bits per heavy atom. The smallest absolute Gasteiger partial charge is 0.425 e. The van der Waals surface area contributed by atoms with E-state index in [1.165, 1.54) is 4.90 Å². The molecule has 0 aliphatic carbocycles. The van der Waals surface area contributed by atoms with Gasteiger partial charge in [-0.05, 0) is 50.8 Å². The first kappa shape index (κ1) is 26.9. The Balaban J connectivity index is 1.38. The molecule has 0 saturated carbocycles. The van der Waals surface area contributed by atoms with Crippen LogP contribution in [0.25, 0.3) is 0 Å². The molecule has 200 valence electrons. The number of piperazine rings is 1. The fraction of sp³-hybridized carbons (Fsp3) is 0.680. The highest BCUT2D eigenvalue weighted by atomic mass is 35.5. The van der Waals surface area contributed by atoms with Crippen molar-refractivity contribution in [3.63, 3.8) is 0 Å². The van der Waals surface area contributed by atoms with Crippen LogP contribution in [0, 0.1) is 0 Å². The van der Waals surface area contributed by atoms with E-state index in [1.807, 2.05) is 23.1 Å². The summed E-state index contributed by atoms with van der Waals surface area (Å²) in [4.78, 5) is 31.8. The van der Waals surface area contributed by atoms with Crippen molar-refractivity contribution in [2.45, 2.75) is 63.9 Å². The van der Waals surface area contributed by atoms with Crippen molar-refractivity contribution in [1.82, 2.24) is 14.7 Å². The third-order valence-corrected chi connectivity index (χ3v) is 8.35. The molecule has 3 saturated heterocycles. The highest BCUT2D eigenvalue weighted by molar-refractivity contribution is 6.34. The minimum atomic E-state index is -4.57. The van der Waals surface area contributed by atoms with E-state index in [0.717, 1.165) is 55.7 Å². The molecule has 3 heterocycles. The second-order valence-corrected chi connectivity index (χ2v) is 10.4.